The Morgan fingerprint density at radius 3 is 2.56 bits per heavy atom. The second kappa shape index (κ2) is 8.78. The summed E-state index contributed by atoms with van der Waals surface area (Å²) in [4.78, 5) is 44.9. The first-order valence-corrected chi connectivity index (χ1v) is 12.3. The van der Waals surface area contributed by atoms with Crippen molar-refractivity contribution >= 4 is 28.5 Å². The highest BCUT2D eigenvalue weighted by molar-refractivity contribution is 5.97. The van der Waals surface area contributed by atoms with Crippen LogP contribution in [-0.2, 0) is 16.1 Å². The molecular formula is C26H27N7O3. The molecule has 1 atom stereocenters. The zero-order valence-electron chi connectivity index (χ0n) is 19.8. The van der Waals surface area contributed by atoms with Gasteiger partial charge in [-0.1, -0.05) is 12.1 Å². The number of amides is 2. The minimum absolute atomic E-state index is 0.0353. The van der Waals surface area contributed by atoms with E-state index in [2.05, 4.69) is 20.5 Å². The average molecular weight is 486 g/mol. The number of carbonyl (C=O) groups is 2. The van der Waals surface area contributed by atoms with Gasteiger partial charge in [0.05, 0.1) is 29.1 Å². The van der Waals surface area contributed by atoms with Gasteiger partial charge in [0.15, 0.2) is 0 Å². The standard InChI is InChI=1S/C26H27N7O3/c34-23(6-3-15-31-21-5-2-1-4-20(21)30-25(31)36)32-17-26(11-12-26)16-22(32)24(35)29-18-7-9-19(10-8-18)33-27-13-14-28-33/h1-2,4-5,7-10,13-14,22H,3,6,11-12,15-17H2,(H,29,35)(H,30,36)/t22-/m0/s1. The number of aromatic amines is 1. The monoisotopic (exact) mass is 485 g/mol. The second-order valence-electron chi connectivity index (χ2n) is 9.80. The number of nitrogens with one attached hydrogen (secondary N) is 2. The SMILES string of the molecule is O=C(Nc1ccc(-n2nccn2)cc1)[C@@H]1CC2(CC2)CN1C(=O)CCCn1c(=O)[nH]c2ccccc21. The summed E-state index contributed by atoms with van der Waals surface area (Å²) in [6.45, 7) is 1.07. The van der Waals surface area contributed by atoms with E-state index in [0.29, 0.717) is 31.6 Å². The number of fused-ring (bicyclic) bond motifs is 1. The maximum atomic E-state index is 13.2. The number of rotatable bonds is 7. The number of hydrogen-bond donors (Lipinski definition) is 2. The van der Waals surface area contributed by atoms with Crippen LogP contribution in [0.4, 0.5) is 5.69 Å². The van der Waals surface area contributed by atoms with Gasteiger partial charge in [-0.2, -0.15) is 15.0 Å². The fourth-order valence-corrected chi connectivity index (χ4v) is 5.21. The number of para-hydroxylation sites is 2. The maximum absolute atomic E-state index is 13.2. The molecule has 1 aliphatic heterocycles. The third-order valence-electron chi connectivity index (χ3n) is 7.33. The van der Waals surface area contributed by atoms with Crippen molar-refractivity contribution in [2.24, 2.45) is 5.41 Å². The minimum Gasteiger partial charge on any atom is -0.330 e. The van der Waals surface area contributed by atoms with Crippen LogP contribution in [-0.4, -0.2) is 53.8 Å². The van der Waals surface area contributed by atoms with E-state index < -0.39 is 6.04 Å². The van der Waals surface area contributed by atoms with Gasteiger partial charge in [-0.3, -0.25) is 14.2 Å². The van der Waals surface area contributed by atoms with Crippen LogP contribution in [0, 0.1) is 5.41 Å². The number of likely N-dealkylation sites (tertiary alicyclic amines) is 1. The Balaban J connectivity index is 1.10. The van der Waals surface area contributed by atoms with Gasteiger partial charge in [0.1, 0.15) is 6.04 Å². The Hall–Kier alpha value is -4.21. The molecule has 2 aliphatic rings. The molecule has 2 fully saturated rings. The zero-order chi connectivity index (χ0) is 24.7. The number of aromatic nitrogens is 5. The fourth-order valence-electron chi connectivity index (χ4n) is 5.21. The van der Waals surface area contributed by atoms with Crippen LogP contribution in [0.2, 0.25) is 0 Å². The molecule has 10 nitrogen and oxygen atoms in total. The topological polar surface area (TPSA) is 118 Å². The van der Waals surface area contributed by atoms with Gasteiger partial charge in [0.2, 0.25) is 11.8 Å². The molecule has 1 spiro atoms. The molecule has 2 amide bonds. The Bertz CT molecular complexity index is 1470. The second-order valence-corrected chi connectivity index (χ2v) is 9.80. The largest absolute Gasteiger partial charge is 0.330 e. The molecule has 36 heavy (non-hydrogen) atoms. The van der Waals surface area contributed by atoms with E-state index >= 15 is 0 Å². The normalized spacial score (nSPS) is 18.1. The van der Waals surface area contributed by atoms with E-state index in [9.17, 15) is 14.4 Å². The Kier molecular flexibility index (Phi) is 5.43. The van der Waals surface area contributed by atoms with Gasteiger partial charge >= 0.3 is 5.69 Å². The van der Waals surface area contributed by atoms with Gasteiger partial charge in [-0.25, -0.2) is 4.79 Å². The maximum Gasteiger partial charge on any atom is 0.326 e. The fraction of sp³-hybridized carbons (Fsp3) is 0.346. The van der Waals surface area contributed by atoms with Crippen LogP contribution in [0.25, 0.3) is 16.7 Å². The summed E-state index contributed by atoms with van der Waals surface area (Å²) in [7, 11) is 0. The lowest BCUT2D eigenvalue weighted by Crippen LogP contribution is -2.43. The molecule has 0 radical (unpaired) electrons. The van der Waals surface area contributed by atoms with Crippen molar-refractivity contribution in [3.63, 3.8) is 0 Å². The van der Waals surface area contributed by atoms with E-state index in [0.717, 1.165) is 29.6 Å². The molecular weight excluding hydrogens is 458 g/mol. The number of carbonyl (C=O) groups excluding carboxylic acids is 2. The van der Waals surface area contributed by atoms with Crippen LogP contribution >= 0.6 is 0 Å². The number of anilines is 1. The van der Waals surface area contributed by atoms with Crippen LogP contribution in [0.3, 0.4) is 0 Å². The Morgan fingerprint density at radius 1 is 1.06 bits per heavy atom. The molecule has 0 bridgehead atoms. The van der Waals surface area contributed by atoms with Crippen molar-refractivity contribution in [1.29, 1.82) is 0 Å². The first kappa shape index (κ1) is 22.3. The predicted molar refractivity (Wildman–Crippen MR) is 134 cm³/mol. The van der Waals surface area contributed by atoms with Crippen molar-refractivity contribution in [2.45, 2.75) is 44.7 Å². The van der Waals surface area contributed by atoms with E-state index in [1.165, 1.54) is 4.80 Å². The molecule has 1 saturated carbocycles. The lowest BCUT2D eigenvalue weighted by Gasteiger charge is -2.24. The molecule has 10 heteroatoms. The number of nitrogens with zero attached hydrogens (tertiary/aromatic N) is 5. The summed E-state index contributed by atoms with van der Waals surface area (Å²) in [5.41, 5.74) is 2.99. The third kappa shape index (κ3) is 4.19. The summed E-state index contributed by atoms with van der Waals surface area (Å²) in [6, 6.07) is 14.3. The zero-order valence-corrected chi connectivity index (χ0v) is 19.8. The molecule has 6 rings (SSSR count). The van der Waals surface area contributed by atoms with Crippen molar-refractivity contribution in [2.75, 3.05) is 11.9 Å². The Labute approximate surface area is 206 Å². The highest BCUT2D eigenvalue weighted by atomic mass is 16.2. The molecule has 184 valence electrons. The van der Waals surface area contributed by atoms with E-state index in [1.54, 1.807) is 21.9 Å². The number of benzene rings is 2. The van der Waals surface area contributed by atoms with Gasteiger partial charge in [-0.05, 0) is 67.5 Å². The Morgan fingerprint density at radius 2 is 1.81 bits per heavy atom. The lowest BCUT2D eigenvalue weighted by molar-refractivity contribution is -0.136. The first-order valence-electron chi connectivity index (χ1n) is 12.3. The smallest absolute Gasteiger partial charge is 0.326 e. The van der Waals surface area contributed by atoms with Crippen LogP contribution in [0.15, 0.2) is 65.7 Å². The summed E-state index contributed by atoms with van der Waals surface area (Å²) in [6.07, 6.45) is 6.83. The van der Waals surface area contributed by atoms with Gasteiger partial charge in [-0.15, -0.1) is 0 Å². The average Bonchev–Trinajstić information content (AvgIpc) is 3.21. The molecule has 2 aromatic heterocycles. The highest BCUT2D eigenvalue weighted by Crippen LogP contribution is 2.55. The molecule has 2 N–H and O–H groups in total. The summed E-state index contributed by atoms with van der Waals surface area (Å²) >= 11 is 0. The summed E-state index contributed by atoms with van der Waals surface area (Å²) in [5.74, 6) is -0.197. The number of aryl methyl sites for hydroxylation is 1. The molecule has 1 aliphatic carbocycles. The summed E-state index contributed by atoms with van der Waals surface area (Å²) < 4.78 is 1.67. The van der Waals surface area contributed by atoms with E-state index in [-0.39, 0.29) is 29.3 Å². The van der Waals surface area contributed by atoms with Crippen LogP contribution < -0.4 is 11.0 Å². The van der Waals surface area contributed by atoms with Crippen molar-refractivity contribution in [1.82, 2.24) is 29.4 Å². The van der Waals surface area contributed by atoms with Crippen LogP contribution in [0.1, 0.15) is 32.1 Å². The lowest BCUT2D eigenvalue weighted by atomic mass is 10.0. The van der Waals surface area contributed by atoms with Gasteiger partial charge < -0.3 is 15.2 Å². The molecule has 2 aromatic carbocycles. The van der Waals surface area contributed by atoms with Crippen molar-refractivity contribution in [3.8, 4) is 5.69 Å². The molecule has 1 saturated heterocycles. The van der Waals surface area contributed by atoms with Crippen LogP contribution in [0.5, 0.6) is 0 Å². The number of hydrogen-bond acceptors (Lipinski definition) is 5. The predicted octanol–water partition coefficient (Wildman–Crippen LogP) is 2.71. The number of H-pyrrole nitrogens is 1. The van der Waals surface area contributed by atoms with Crippen molar-refractivity contribution in [3.05, 3.63) is 71.4 Å². The van der Waals surface area contributed by atoms with Crippen molar-refractivity contribution < 1.29 is 9.59 Å². The quantitative estimate of drug-likeness (QED) is 0.417. The first-order chi connectivity index (χ1) is 17.5. The highest BCUT2D eigenvalue weighted by Gasteiger charge is 2.54. The molecule has 4 aromatic rings. The van der Waals surface area contributed by atoms with Gasteiger partial charge in [0.25, 0.3) is 0 Å². The third-order valence-corrected chi connectivity index (χ3v) is 7.33. The number of imidazole rings is 1. The van der Waals surface area contributed by atoms with Gasteiger partial charge in [0, 0.05) is 25.2 Å². The minimum atomic E-state index is -0.483. The molecule has 0 unspecified atom stereocenters. The van der Waals surface area contributed by atoms with E-state index in [4.69, 9.17) is 0 Å². The summed E-state index contributed by atoms with van der Waals surface area (Å²) in [5, 5.41) is 11.2. The molecule has 3 heterocycles. The van der Waals surface area contributed by atoms with E-state index in [1.807, 2.05) is 48.5 Å².